The summed E-state index contributed by atoms with van der Waals surface area (Å²) in [7, 11) is 0. The fourth-order valence-electron chi connectivity index (χ4n) is 1.81. The molecule has 0 fully saturated rings. The van der Waals surface area contributed by atoms with Crippen molar-refractivity contribution in [1.82, 2.24) is 9.55 Å². The molecule has 0 aromatic carbocycles. The van der Waals surface area contributed by atoms with E-state index in [2.05, 4.69) is 16.5 Å². The Morgan fingerprint density at radius 2 is 2.33 bits per heavy atom. The molecule has 0 radical (unpaired) electrons. The van der Waals surface area contributed by atoms with Crippen LogP contribution in [-0.2, 0) is 13.0 Å². The molecule has 12 heavy (non-hydrogen) atoms. The minimum atomic E-state index is 0.763. The zero-order valence-corrected chi connectivity index (χ0v) is 7.67. The molecule has 66 valence electrons. The van der Waals surface area contributed by atoms with E-state index < -0.39 is 0 Å². The summed E-state index contributed by atoms with van der Waals surface area (Å²) in [6, 6.07) is 0. The van der Waals surface area contributed by atoms with Crippen molar-refractivity contribution in [1.29, 1.82) is 0 Å². The first-order chi connectivity index (χ1) is 5.68. The molecule has 2 heterocycles. The van der Waals surface area contributed by atoms with Gasteiger partial charge in [-0.3, -0.25) is 0 Å². The van der Waals surface area contributed by atoms with Crippen LogP contribution in [0.5, 0.6) is 0 Å². The number of rotatable bonds is 0. The molecule has 1 aliphatic heterocycles. The highest BCUT2D eigenvalue weighted by atomic mass is 15.1. The highest BCUT2D eigenvalue weighted by Crippen LogP contribution is 2.23. The third-order valence-corrected chi connectivity index (χ3v) is 2.65. The lowest BCUT2D eigenvalue weighted by Crippen LogP contribution is -2.18. The van der Waals surface area contributed by atoms with Gasteiger partial charge in [0.1, 0.15) is 11.6 Å². The van der Waals surface area contributed by atoms with E-state index >= 15 is 0 Å². The number of imidazole rings is 1. The Labute approximate surface area is 72.6 Å². The standard InChI is InChI=1S/C9H15N3/c1-6-3-4-12-8(5-6)11-7(2)9(12)10/h6H,3-5,10H2,1-2H3. The molecule has 2 N–H and O–H groups in total. The van der Waals surface area contributed by atoms with Crippen molar-refractivity contribution in [3.8, 4) is 0 Å². The SMILES string of the molecule is Cc1nc2n(c1N)CCC(C)C2. The minimum Gasteiger partial charge on any atom is -0.384 e. The number of nitrogens with two attached hydrogens (primary N) is 1. The minimum absolute atomic E-state index is 0.763. The number of nitrogen functional groups attached to an aromatic ring is 1. The van der Waals surface area contributed by atoms with Gasteiger partial charge in [0.05, 0.1) is 5.69 Å². The molecule has 1 atom stereocenters. The number of hydrogen-bond donors (Lipinski definition) is 1. The Balaban J connectivity index is 2.43. The molecule has 0 amide bonds. The normalized spacial score (nSPS) is 22.3. The van der Waals surface area contributed by atoms with Gasteiger partial charge in [-0.2, -0.15) is 0 Å². The number of aryl methyl sites for hydroxylation is 1. The summed E-state index contributed by atoms with van der Waals surface area (Å²) in [6.45, 7) is 5.29. The van der Waals surface area contributed by atoms with Gasteiger partial charge in [0.15, 0.2) is 0 Å². The molecule has 0 saturated carbocycles. The molecule has 2 rings (SSSR count). The summed E-state index contributed by atoms with van der Waals surface area (Å²) in [5.41, 5.74) is 6.85. The Morgan fingerprint density at radius 1 is 1.58 bits per heavy atom. The van der Waals surface area contributed by atoms with Gasteiger partial charge in [-0.15, -0.1) is 0 Å². The number of anilines is 1. The van der Waals surface area contributed by atoms with E-state index in [-0.39, 0.29) is 0 Å². The van der Waals surface area contributed by atoms with E-state index in [1.54, 1.807) is 0 Å². The zero-order chi connectivity index (χ0) is 8.72. The second-order valence-corrected chi connectivity index (χ2v) is 3.75. The van der Waals surface area contributed by atoms with Crippen LogP contribution >= 0.6 is 0 Å². The fraction of sp³-hybridized carbons (Fsp3) is 0.667. The van der Waals surface area contributed by atoms with Crippen molar-refractivity contribution in [3.05, 3.63) is 11.5 Å². The summed E-state index contributed by atoms with van der Waals surface area (Å²) in [4.78, 5) is 4.44. The topological polar surface area (TPSA) is 43.8 Å². The van der Waals surface area contributed by atoms with Crippen LogP contribution in [0.25, 0.3) is 0 Å². The van der Waals surface area contributed by atoms with Crippen LogP contribution < -0.4 is 5.73 Å². The van der Waals surface area contributed by atoms with Gasteiger partial charge >= 0.3 is 0 Å². The van der Waals surface area contributed by atoms with E-state index in [1.165, 1.54) is 12.2 Å². The van der Waals surface area contributed by atoms with Crippen LogP contribution in [0.15, 0.2) is 0 Å². The highest BCUT2D eigenvalue weighted by molar-refractivity contribution is 5.37. The van der Waals surface area contributed by atoms with Gasteiger partial charge in [-0.05, 0) is 19.3 Å². The summed E-state index contributed by atoms with van der Waals surface area (Å²) in [5, 5.41) is 0. The van der Waals surface area contributed by atoms with Crippen LogP contribution in [0.3, 0.4) is 0 Å². The lowest BCUT2D eigenvalue weighted by atomic mass is 10.0. The zero-order valence-electron chi connectivity index (χ0n) is 7.67. The number of nitrogens with zero attached hydrogens (tertiary/aromatic N) is 2. The molecule has 3 nitrogen and oxygen atoms in total. The van der Waals surface area contributed by atoms with Crippen molar-refractivity contribution in [2.24, 2.45) is 5.92 Å². The fourth-order valence-corrected chi connectivity index (χ4v) is 1.81. The first-order valence-electron chi connectivity index (χ1n) is 4.50. The summed E-state index contributed by atoms with van der Waals surface area (Å²) in [5.74, 6) is 2.79. The molecule has 3 heteroatoms. The smallest absolute Gasteiger partial charge is 0.126 e. The van der Waals surface area contributed by atoms with Crippen molar-refractivity contribution in [3.63, 3.8) is 0 Å². The molecule has 0 spiro atoms. The third kappa shape index (κ3) is 1.00. The lowest BCUT2D eigenvalue weighted by molar-refractivity contribution is 0.412. The molecule has 1 aliphatic rings. The highest BCUT2D eigenvalue weighted by Gasteiger charge is 2.19. The van der Waals surface area contributed by atoms with Crippen molar-refractivity contribution >= 4 is 5.82 Å². The maximum Gasteiger partial charge on any atom is 0.126 e. The first-order valence-corrected chi connectivity index (χ1v) is 4.50. The number of aromatic nitrogens is 2. The maximum atomic E-state index is 5.87. The van der Waals surface area contributed by atoms with Crippen LogP contribution in [0.4, 0.5) is 5.82 Å². The molecular formula is C9H15N3. The second-order valence-electron chi connectivity index (χ2n) is 3.75. The van der Waals surface area contributed by atoms with E-state index in [1.807, 2.05) is 6.92 Å². The van der Waals surface area contributed by atoms with Crippen molar-refractivity contribution in [2.45, 2.75) is 33.2 Å². The number of fused-ring (bicyclic) bond motifs is 1. The monoisotopic (exact) mass is 165 g/mol. The Hall–Kier alpha value is -0.990. The van der Waals surface area contributed by atoms with Crippen LogP contribution in [0, 0.1) is 12.8 Å². The van der Waals surface area contributed by atoms with Gasteiger partial charge in [0.25, 0.3) is 0 Å². The van der Waals surface area contributed by atoms with Crippen LogP contribution in [0.1, 0.15) is 24.9 Å². The van der Waals surface area contributed by atoms with Gasteiger partial charge in [0, 0.05) is 13.0 Å². The molecule has 1 unspecified atom stereocenters. The predicted octanol–water partition coefficient (Wildman–Crippen LogP) is 1.36. The average Bonchev–Trinajstić information content (AvgIpc) is 2.28. The summed E-state index contributed by atoms with van der Waals surface area (Å²) < 4.78 is 2.15. The van der Waals surface area contributed by atoms with Crippen LogP contribution in [-0.4, -0.2) is 9.55 Å². The Kier molecular flexibility index (Phi) is 1.60. The first kappa shape index (κ1) is 7.65. The molecule has 0 aliphatic carbocycles. The van der Waals surface area contributed by atoms with Gasteiger partial charge in [0.2, 0.25) is 0 Å². The number of hydrogen-bond acceptors (Lipinski definition) is 2. The average molecular weight is 165 g/mol. The van der Waals surface area contributed by atoms with Crippen LogP contribution in [0.2, 0.25) is 0 Å². The van der Waals surface area contributed by atoms with Crippen molar-refractivity contribution in [2.75, 3.05) is 5.73 Å². The largest absolute Gasteiger partial charge is 0.384 e. The predicted molar refractivity (Wildman–Crippen MR) is 48.9 cm³/mol. The Morgan fingerprint density at radius 3 is 3.08 bits per heavy atom. The van der Waals surface area contributed by atoms with E-state index in [9.17, 15) is 0 Å². The van der Waals surface area contributed by atoms with E-state index in [0.29, 0.717) is 0 Å². The van der Waals surface area contributed by atoms with Gasteiger partial charge in [-0.25, -0.2) is 4.98 Å². The summed E-state index contributed by atoms with van der Waals surface area (Å²) in [6.07, 6.45) is 2.31. The van der Waals surface area contributed by atoms with E-state index in [0.717, 1.165) is 30.4 Å². The molecule has 1 aromatic heterocycles. The molecular weight excluding hydrogens is 150 g/mol. The van der Waals surface area contributed by atoms with Crippen molar-refractivity contribution < 1.29 is 0 Å². The maximum absolute atomic E-state index is 5.87. The van der Waals surface area contributed by atoms with Gasteiger partial charge < -0.3 is 10.3 Å². The second kappa shape index (κ2) is 2.51. The quantitative estimate of drug-likeness (QED) is 0.630. The molecule has 0 bridgehead atoms. The lowest BCUT2D eigenvalue weighted by Gasteiger charge is -2.20. The molecule has 1 aromatic rings. The summed E-state index contributed by atoms with van der Waals surface area (Å²) >= 11 is 0. The molecule has 0 saturated heterocycles. The van der Waals surface area contributed by atoms with Gasteiger partial charge in [-0.1, -0.05) is 6.92 Å². The third-order valence-electron chi connectivity index (χ3n) is 2.65. The Bertz CT molecular complexity index is 301. The van der Waals surface area contributed by atoms with E-state index in [4.69, 9.17) is 5.73 Å².